The first-order chi connectivity index (χ1) is 12.2. The van der Waals surface area contributed by atoms with Crippen LogP contribution in [0.2, 0.25) is 0 Å². The number of carboxylic acids is 1. The molecule has 0 aliphatic heterocycles. The molecule has 6 N–H and O–H groups in total. The van der Waals surface area contributed by atoms with Crippen LogP contribution in [0.1, 0.15) is 20.3 Å². The molecule has 0 spiro atoms. The molecule has 0 fully saturated rings. The molecule has 0 aromatic heterocycles. The quantitative estimate of drug-likeness (QED) is 0.223. The van der Waals surface area contributed by atoms with E-state index in [0.717, 1.165) is 0 Å². The van der Waals surface area contributed by atoms with Gasteiger partial charge in [0.1, 0.15) is 18.1 Å². The molecule has 0 rings (SSSR count). The molecule has 0 saturated carbocycles. The summed E-state index contributed by atoms with van der Waals surface area (Å²) in [6.07, 6.45) is 2.09. The number of nitrogens with one attached hydrogen (secondary N) is 3. The van der Waals surface area contributed by atoms with E-state index in [1.54, 1.807) is 13.8 Å². The van der Waals surface area contributed by atoms with Gasteiger partial charge in [-0.05, 0) is 24.3 Å². The molecule has 0 saturated heterocycles. The third-order valence-electron chi connectivity index (χ3n) is 3.49. The van der Waals surface area contributed by atoms with Gasteiger partial charge in [-0.1, -0.05) is 13.8 Å². The second-order valence-corrected chi connectivity index (χ2v) is 7.27. The number of carbonyl (C=O) groups excluding carboxylic acids is 3. The number of carboxylic acid groups (broad SMARTS) is 1. The molecule has 11 heteroatoms. The first-order valence-electron chi connectivity index (χ1n) is 8.10. The largest absolute Gasteiger partial charge is 0.480 e. The standard InChI is InChI=1S/C15H28N4O5S2/c1-8(2)12(19-11(20)6-16)14(22)18-10(7-25)13(21)17-9(15(23)24)4-5-26-3/h8-10,12,25H,4-7,16H2,1-3H3,(H,17,21)(H,18,22)(H,19,20)(H,23,24)/t9-,10-,12-/m0/s1. The number of amides is 3. The summed E-state index contributed by atoms with van der Waals surface area (Å²) in [4.78, 5) is 47.4. The highest BCUT2D eigenvalue weighted by Gasteiger charge is 2.29. The first-order valence-corrected chi connectivity index (χ1v) is 10.1. The molecule has 3 amide bonds. The van der Waals surface area contributed by atoms with Crippen LogP contribution in [-0.2, 0) is 19.2 Å². The highest BCUT2D eigenvalue weighted by atomic mass is 32.2. The van der Waals surface area contributed by atoms with E-state index in [0.29, 0.717) is 5.75 Å². The Kier molecular flexibility index (Phi) is 12.1. The van der Waals surface area contributed by atoms with E-state index in [2.05, 4.69) is 28.6 Å². The minimum Gasteiger partial charge on any atom is -0.480 e. The van der Waals surface area contributed by atoms with E-state index in [1.165, 1.54) is 11.8 Å². The molecular weight excluding hydrogens is 380 g/mol. The highest BCUT2D eigenvalue weighted by molar-refractivity contribution is 7.98. The predicted molar refractivity (Wildman–Crippen MR) is 104 cm³/mol. The topological polar surface area (TPSA) is 151 Å². The van der Waals surface area contributed by atoms with Crippen molar-refractivity contribution in [2.45, 2.75) is 38.4 Å². The molecule has 3 atom stereocenters. The van der Waals surface area contributed by atoms with Crippen molar-refractivity contribution >= 4 is 48.1 Å². The Labute approximate surface area is 163 Å². The maximum absolute atomic E-state index is 12.4. The van der Waals surface area contributed by atoms with Gasteiger partial charge < -0.3 is 26.8 Å². The zero-order valence-corrected chi connectivity index (χ0v) is 16.9. The predicted octanol–water partition coefficient (Wildman–Crippen LogP) is -1.18. The van der Waals surface area contributed by atoms with Crippen molar-refractivity contribution in [1.82, 2.24) is 16.0 Å². The summed E-state index contributed by atoms with van der Waals surface area (Å²) in [5, 5.41) is 16.6. The van der Waals surface area contributed by atoms with Gasteiger partial charge in [0.15, 0.2) is 0 Å². The Morgan fingerprint density at radius 2 is 1.65 bits per heavy atom. The van der Waals surface area contributed by atoms with Gasteiger partial charge in [-0.3, -0.25) is 14.4 Å². The van der Waals surface area contributed by atoms with Crippen LogP contribution in [0.15, 0.2) is 0 Å². The van der Waals surface area contributed by atoms with E-state index in [9.17, 15) is 24.3 Å². The number of thioether (sulfide) groups is 1. The summed E-state index contributed by atoms with van der Waals surface area (Å²) >= 11 is 5.51. The molecule has 26 heavy (non-hydrogen) atoms. The zero-order chi connectivity index (χ0) is 20.3. The number of carbonyl (C=O) groups is 4. The lowest BCUT2D eigenvalue weighted by molar-refractivity contribution is -0.142. The van der Waals surface area contributed by atoms with Crippen LogP contribution in [0.25, 0.3) is 0 Å². The summed E-state index contributed by atoms with van der Waals surface area (Å²) in [5.74, 6) is -2.54. The monoisotopic (exact) mass is 408 g/mol. The highest BCUT2D eigenvalue weighted by Crippen LogP contribution is 2.05. The van der Waals surface area contributed by atoms with Crippen LogP contribution < -0.4 is 21.7 Å². The van der Waals surface area contributed by atoms with E-state index in [4.69, 9.17) is 5.73 Å². The Bertz CT molecular complexity index is 504. The van der Waals surface area contributed by atoms with Crippen LogP contribution in [-0.4, -0.2) is 71.2 Å². The lowest BCUT2D eigenvalue weighted by atomic mass is 10.0. The van der Waals surface area contributed by atoms with E-state index < -0.39 is 41.8 Å². The van der Waals surface area contributed by atoms with Crippen LogP contribution >= 0.6 is 24.4 Å². The molecule has 9 nitrogen and oxygen atoms in total. The summed E-state index contributed by atoms with van der Waals surface area (Å²) in [5.41, 5.74) is 5.24. The Morgan fingerprint density at radius 3 is 2.08 bits per heavy atom. The lowest BCUT2D eigenvalue weighted by Crippen LogP contribution is -2.58. The van der Waals surface area contributed by atoms with Crippen molar-refractivity contribution in [3.63, 3.8) is 0 Å². The van der Waals surface area contributed by atoms with Crippen molar-refractivity contribution in [3.05, 3.63) is 0 Å². The lowest BCUT2D eigenvalue weighted by Gasteiger charge is -2.25. The van der Waals surface area contributed by atoms with Crippen molar-refractivity contribution in [1.29, 1.82) is 0 Å². The average molecular weight is 409 g/mol. The number of nitrogens with two attached hydrogens (primary N) is 1. The first kappa shape index (κ1) is 24.5. The van der Waals surface area contributed by atoms with Crippen LogP contribution in [0.3, 0.4) is 0 Å². The van der Waals surface area contributed by atoms with Gasteiger partial charge in [0.25, 0.3) is 0 Å². The zero-order valence-electron chi connectivity index (χ0n) is 15.2. The maximum Gasteiger partial charge on any atom is 0.326 e. The second-order valence-electron chi connectivity index (χ2n) is 5.92. The maximum atomic E-state index is 12.4. The smallest absolute Gasteiger partial charge is 0.326 e. The number of rotatable bonds is 12. The van der Waals surface area contributed by atoms with Crippen molar-refractivity contribution < 1.29 is 24.3 Å². The van der Waals surface area contributed by atoms with Crippen LogP contribution in [0.4, 0.5) is 0 Å². The van der Waals surface area contributed by atoms with E-state index in [-0.39, 0.29) is 24.6 Å². The summed E-state index contributed by atoms with van der Waals surface area (Å²) in [6, 6.07) is -2.95. The van der Waals surface area contributed by atoms with Gasteiger partial charge >= 0.3 is 5.97 Å². The summed E-state index contributed by atoms with van der Waals surface area (Å²) < 4.78 is 0. The summed E-state index contributed by atoms with van der Waals surface area (Å²) in [7, 11) is 0. The average Bonchev–Trinajstić information content (AvgIpc) is 2.59. The van der Waals surface area contributed by atoms with Gasteiger partial charge in [0.2, 0.25) is 17.7 Å². The SMILES string of the molecule is CSCC[C@H](NC(=O)[C@H](CS)NC(=O)[C@@H](NC(=O)CN)C(C)C)C(=O)O. The number of hydrogen-bond acceptors (Lipinski definition) is 7. The molecule has 0 radical (unpaired) electrons. The molecule has 0 unspecified atom stereocenters. The van der Waals surface area contributed by atoms with Gasteiger partial charge in [-0.25, -0.2) is 4.79 Å². The fourth-order valence-electron chi connectivity index (χ4n) is 1.99. The second kappa shape index (κ2) is 12.8. The third-order valence-corrected chi connectivity index (χ3v) is 4.50. The molecule has 0 bridgehead atoms. The fraction of sp³-hybridized carbons (Fsp3) is 0.733. The molecule has 0 aliphatic carbocycles. The van der Waals surface area contributed by atoms with Gasteiger partial charge in [-0.15, -0.1) is 0 Å². The van der Waals surface area contributed by atoms with Crippen molar-refractivity contribution in [3.8, 4) is 0 Å². The molecule has 150 valence electrons. The van der Waals surface area contributed by atoms with Crippen molar-refractivity contribution in [2.75, 3.05) is 24.3 Å². The molecular formula is C15H28N4O5S2. The third kappa shape index (κ3) is 8.77. The molecule has 0 aromatic carbocycles. The van der Waals surface area contributed by atoms with Crippen molar-refractivity contribution in [2.24, 2.45) is 11.7 Å². The fourth-order valence-corrected chi connectivity index (χ4v) is 2.72. The van der Waals surface area contributed by atoms with Gasteiger partial charge in [0.05, 0.1) is 6.54 Å². The minimum absolute atomic E-state index is 0.0257. The minimum atomic E-state index is -1.15. The number of thiol groups is 1. The molecule has 0 aromatic rings. The number of aliphatic carboxylic acids is 1. The van der Waals surface area contributed by atoms with Gasteiger partial charge in [0, 0.05) is 5.75 Å². The number of hydrogen-bond donors (Lipinski definition) is 6. The van der Waals surface area contributed by atoms with Crippen LogP contribution in [0, 0.1) is 5.92 Å². The Hall–Kier alpha value is -1.46. The molecule has 0 heterocycles. The Balaban J connectivity index is 4.97. The molecule has 0 aliphatic rings. The van der Waals surface area contributed by atoms with E-state index in [1.807, 2.05) is 6.26 Å². The van der Waals surface area contributed by atoms with Crippen LogP contribution in [0.5, 0.6) is 0 Å². The van der Waals surface area contributed by atoms with E-state index >= 15 is 0 Å². The summed E-state index contributed by atoms with van der Waals surface area (Å²) in [6.45, 7) is 3.21. The Morgan fingerprint density at radius 1 is 1.08 bits per heavy atom. The normalized spacial score (nSPS) is 14.2. The van der Waals surface area contributed by atoms with Gasteiger partial charge in [-0.2, -0.15) is 24.4 Å².